The highest BCUT2D eigenvalue weighted by molar-refractivity contribution is 6.31. The number of anilines is 1. The van der Waals surface area contributed by atoms with Crippen molar-refractivity contribution in [2.24, 2.45) is 11.8 Å². The number of aryl methyl sites for hydroxylation is 1. The molecule has 2 aromatic carbocycles. The van der Waals surface area contributed by atoms with Gasteiger partial charge in [0.2, 0.25) is 0 Å². The summed E-state index contributed by atoms with van der Waals surface area (Å²) in [6.07, 6.45) is 8.46. The molecular weight excluding hydrogens is 435 g/mol. The monoisotopic (exact) mass is 468 g/mol. The third-order valence-corrected chi connectivity index (χ3v) is 7.15. The van der Waals surface area contributed by atoms with E-state index in [1.165, 1.54) is 44.2 Å². The Morgan fingerprint density at radius 1 is 1.03 bits per heavy atom. The van der Waals surface area contributed by atoms with Gasteiger partial charge in [-0.3, -0.25) is 0 Å². The fourth-order valence-corrected chi connectivity index (χ4v) is 5.14. The maximum absolute atomic E-state index is 13.2. The molecule has 0 atom stereocenters. The van der Waals surface area contributed by atoms with E-state index in [1.807, 2.05) is 26.2 Å². The molecule has 0 unspecified atom stereocenters. The second-order valence-corrected chi connectivity index (χ2v) is 9.93. The molecule has 1 aromatic heterocycles. The Labute approximate surface area is 201 Å². The van der Waals surface area contributed by atoms with E-state index in [9.17, 15) is 4.39 Å². The number of benzene rings is 2. The van der Waals surface area contributed by atoms with Crippen LogP contribution in [0.25, 0.3) is 10.9 Å². The zero-order chi connectivity index (χ0) is 23.2. The third kappa shape index (κ3) is 6.42. The molecule has 3 aromatic rings. The fourth-order valence-electron chi connectivity index (χ4n) is 4.91. The van der Waals surface area contributed by atoms with Crippen LogP contribution in [0.4, 0.5) is 10.2 Å². The minimum absolute atomic E-state index is 0.285. The lowest BCUT2D eigenvalue weighted by Gasteiger charge is -2.28. The average Bonchev–Trinajstić information content (AvgIpc) is 2.81. The van der Waals surface area contributed by atoms with E-state index in [1.54, 1.807) is 6.07 Å². The second kappa shape index (κ2) is 11.3. The van der Waals surface area contributed by atoms with Gasteiger partial charge in [-0.1, -0.05) is 49.1 Å². The van der Waals surface area contributed by atoms with Gasteiger partial charge >= 0.3 is 0 Å². The molecule has 1 heterocycles. The Hall–Kier alpha value is -2.24. The highest BCUT2D eigenvalue weighted by Crippen LogP contribution is 2.32. The lowest BCUT2D eigenvalue weighted by atomic mass is 9.80. The number of aromatic nitrogens is 2. The molecule has 6 heteroatoms. The first-order chi connectivity index (χ1) is 16.0. The Bertz CT molecular complexity index is 1060. The summed E-state index contributed by atoms with van der Waals surface area (Å²) < 4.78 is 13.2. The molecule has 4 rings (SSSR count). The van der Waals surface area contributed by atoms with Crippen LogP contribution < -0.4 is 10.2 Å². The first kappa shape index (κ1) is 23.9. The van der Waals surface area contributed by atoms with Crippen molar-refractivity contribution in [2.45, 2.75) is 51.5 Å². The molecule has 0 saturated heterocycles. The van der Waals surface area contributed by atoms with E-state index in [0.29, 0.717) is 17.5 Å². The molecule has 1 saturated carbocycles. The van der Waals surface area contributed by atoms with Crippen molar-refractivity contribution in [1.82, 2.24) is 15.3 Å². The number of hydrogen-bond acceptors (Lipinski definition) is 4. The highest BCUT2D eigenvalue weighted by Gasteiger charge is 2.21. The quantitative estimate of drug-likeness (QED) is 0.394. The second-order valence-electron chi connectivity index (χ2n) is 9.52. The number of rotatable bonds is 9. The van der Waals surface area contributed by atoms with Gasteiger partial charge in [0.25, 0.3) is 0 Å². The summed E-state index contributed by atoms with van der Waals surface area (Å²) >= 11 is 6.12. The predicted octanol–water partition coefficient (Wildman–Crippen LogP) is 6.41. The van der Waals surface area contributed by atoms with Crippen LogP contribution in [-0.2, 0) is 13.0 Å². The van der Waals surface area contributed by atoms with Crippen LogP contribution >= 0.6 is 11.6 Å². The van der Waals surface area contributed by atoms with Crippen molar-refractivity contribution in [3.63, 3.8) is 0 Å². The first-order valence-electron chi connectivity index (χ1n) is 12.1. The summed E-state index contributed by atoms with van der Waals surface area (Å²) in [6, 6.07) is 12.9. The molecule has 1 fully saturated rings. The standard InChI is InChI=1S/C27H34ClFN4/c1-33(2)27-23-7-3-4-8-25(23)31-26(32-27)9-5-6-19-10-12-20(13-11-19)17-30-18-21-14-15-22(29)16-24(21)28/h3-4,7-8,14-16,19-20,30H,5-6,9-13,17-18H2,1-2H3. The van der Waals surface area contributed by atoms with Crippen molar-refractivity contribution in [3.05, 3.63) is 64.7 Å². The van der Waals surface area contributed by atoms with E-state index in [2.05, 4.69) is 22.3 Å². The molecule has 0 amide bonds. The van der Waals surface area contributed by atoms with Crippen LogP contribution in [0.15, 0.2) is 42.5 Å². The summed E-state index contributed by atoms with van der Waals surface area (Å²) in [7, 11) is 4.08. The third-order valence-electron chi connectivity index (χ3n) is 6.80. The number of halogens is 2. The lowest BCUT2D eigenvalue weighted by molar-refractivity contribution is 0.254. The fraction of sp³-hybridized carbons (Fsp3) is 0.481. The SMILES string of the molecule is CN(C)c1nc(CCCC2CCC(CNCc3ccc(F)cc3Cl)CC2)nc2ccccc12. The van der Waals surface area contributed by atoms with Gasteiger partial charge in [0.15, 0.2) is 0 Å². The molecule has 1 N–H and O–H groups in total. The van der Waals surface area contributed by atoms with E-state index in [-0.39, 0.29) is 5.82 Å². The molecule has 0 spiro atoms. The highest BCUT2D eigenvalue weighted by atomic mass is 35.5. The number of nitrogens with one attached hydrogen (secondary N) is 1. The molecule has 0 radical (unpaired) electrons. The number of para-hydroxylation sites is 1. The number of fused-ring (bicyclic) bond motifs is 1. The Kier molecular flexibility index (Phi) is 8.15. The van der Waals surface area contributed by atoms with Crippen LogP contribution in [0.5, 0.6) is 0 Å². The molecule has 1 aliphatic carbocycles. The molecule has 176 valence electrons. The van der Waals surface area contributed by atoms with Gasteiger partial charge in [0.05, 0.1) is 5.52 Å². The summed E-state index contributed by atoms with van der Waals surface area (Å²) in [5, 5.41) is 5.12. The van der Waals surface area contributed by atoms with E-state index < -0.39 is 0 Å². The van der Waals surface area contributed by atoms with Gasteiger partial charge < -0.3 is 10.2 Å². The first-order valence-corrected chi connectivity index (χ1v) is 12.4. The van der Waals surface area contributed by atoms with Crippen molar-refractivity contribution >= 4 is 28.3 Å². The maximum atomic E-state index is 13.2. The maximum Gasteiger partial charge on any atom is 0.139 e. The summed E-state index contributed by atoms with van der Waals surface area (Å²) in [5.74, 6) is 3.20. The van der Waals surface area contributed by atoms with Gasteiger partial charge in [-0.25, -0.2) is 14.4 Å². The molecule has 4 nitrogen and oxygen atoms in total. The summed E-state index contributed by atoms with van der Waals surface area (Å²) in [5.41, 5.74) is 1.99. The normalized spacial score (nSPS) is 18.5. The van der Waals surface area contributed by atoms with E-state index in [4.69, 9.17) is 21.6 Å². The zero-order valence-corrected chi connectivity index (χ0v) is 20.4. The van der Waals surface area contributed by atoms with Crippen LogP contribution in [0.2, 0.25) is 5.02 Å². The largest absolute Gasteiger partial charge is 0.362 e. The van der Waals surface area contributed by atoms with Crippen LogP contribution in [0, 0.1) is 17.7 Å². The smallest absolute Gasteiger partial charge is 0.139 e. The topological polar surface area (TPSA) is 41.1 Å². The Balaban J connectivity index is 1.19. The number of nitrogens with zero attached hydrogens (tertiary/aromatic N) is 3. The minimum atomic E-state index is -0.285. The zero-order valence-electron chi connectivity index (χ0n) is 19.7. The average molecular weight is 469 g/mol. The molecule has 1 aliphatic rings. The predicted molar refractivity (Wildman–Crippen MR) is 135 cm³/mol. The van der Waals surface area contributed by atoms with Crippen molar-refractivity contribution < 1.29 is 4.39 Å². The molecule has 0 bridgehead atoms. The summed E-state index contributed by atoms with van der Waals surface area (Å²) in [6.45, 7) is 1.69. The van der Waals surface area contributed by atoms with E-state index >= 15 is 0 Å². The van der Waals surface area contributed by atoms with E-state index in [0.717, 1.165) is 53.4 Å². The summed E-state index contributed by atoms with van der Waals surface area (Å²) in [4.78, 5) is 11.7. The van der Waals surface area contributed by atoms with Crippen LogP contribution in [0.3, 0.4) is 0 Å². The van der Waals surface area contributed by atoms with Gasteiger partial charge in [0.1, 0.15) is 17.5 Å². The van der Waals surface area contributed by atoms with Gasteiger partial charge in [-0.2, -0.15) is 0 Å². The van der Waals surface area contributed by atoms with Gasteiger partial charge in [-0.05, 0) is 67.5 Å². The Morgan fingerprint density at radius 3 is 2.55 bits per heavy atom. The molecule has 33 heavy (non-hydrogen) atoms. The lowest BCUT2D eigenvalue weighted by Crippen LogP contribution is -2.26. The van der Waals surface area contributed by atoms with Crippen LogP contribution in [-0.4, -0.2) is 30.6 Å². The molecular formula is C27H34ClFN4. The van der Waals surface area contributed by atoms with Crippen molar-refractivity contribution in [3.8, 4) is 0 Å². The minimum Gasteiger partial charge on any atom is -0.362 e. The van der Waals surface area contributed by atoms with Crippen molar-refractivity contribution in [2.75, 3.05) is 25.5 Å². The Morgan fingerprint density at radius 2 is 1.79 bits per heavy atom. The van der Waals surface area contributed by atoms with Crippen molar-refractivity contribution in [1.29, 1.82) is 0 Å². The van der Waals surface area contributed by atoms with Gasteiger partial charge in [0, 0.05) is 37.5 Å². The van der Waals surface area contributed by atoms with Gasteiger partial charge in [-0.15, -0.1) is 0 Å². The van der Waals surface area contributed by atoms with Crippen LogP contribution in [0.1, 0.15) is 49.9 Å². The molecule has 0 aliphatic heterocycles. The number of hydrogen-bond donors (Lipinski definition) is 1.